The number of phenols is 1. The van der Waals surface area contributed by atoms with E-state index in [1.54, 1.807) is 12.1 Å². The zero-order valence-corrected chi connectivity index (χ0v) is 12.1. The van der Waals surface area contributed by atoms with Gasteiger partial charge in [-0.3, -0.25) is 4.79 Å². The molecule has 4 nitrogen and oxygen atoms in total. The number of amides is 1. The van der Waals surface area contributed by atoms with Crippen LogP contribution in [-0.2, 0) is 4.79 Å². The molecule has 1 aromatic carbocycles. The van der Waals surface area contributed by atoms with Crippen LogP contribution in [0.25, 0.3) is 0 Å². The molecule has 0 saturated carbocycles. The predicted octanol–water partition coefficient (Wildman–Crippen LogP) is 2.45. The zero-order valence-electron chi connectivity index (χ0n) is 12.1. The monoisotopic (exact) mass is 276 g/mol. The fourth-order valence-electron chi connectivity index (χ4n) is 2.58. The Morgan fingerprint density at radius 1 is 1.25 bits per heavy atom. The Morgan fingerprint density at radius 2 is 1.90 bits per heavy atom. The average Bonchev–Trinajstić information content (AvgIpc) is 2.48. The van der Waals surface area contributed by atoms with Gasteiger partial charge < -0.3 is 15.3 Å². The fourth-order valence-corrected chi connectivity index (χ4v) is 2.58. The van der Waals surface area contributed by atoms with Gasteiger partial charge in [0.1, 0.15) is 5.75 Å². The van der Waals surface area contributed by atoms with Gasteiger partial charge in [-0.2, -0.15) is 0 Å². The van der Waals surface area contributed by atoms with Crippen molar-refractivity contribution in [1.82, 2.24) is 10.2 Å². The van der Waals surface area contributed by atoms with Gasteiger partial charge in [0.15, 0.2) is 0 Å². The van der Waals surface area contributed by atoms with Crippen LogP contribution < -0.4 is 5.32 Å². The van der Waals surface area contributed by atoms with E-state index >= 15 is 0 Å². The molecule has 1 unspecified atom stereocenters. The lowest BCUT2D eigenvalue weighted by Crippen LogP contribution is -2.37. The van der Waals surface area contributed by atoms with E-state index in [-0.39, 0.29) is 17.7 Å². The maximum atomic E-state index is 12.0. The molecule has 20 heavy (non-hydrogen) atoms. The maximum absolute atomic E-state index is 12.0. The van der Waals surface area contributed by atoms with E-state index in [1.807, 2.05) is 17.0 Å². The molecule has 1 atom stereocenters. The molecule has 1 aliphatic rings. The lowest BCUT2D eigenvalue weighted by atomic mass is 10.1. The molecule has 0 bridgehead atoms. The molecule has 1 amide bonds. The molecule has 2 N–H and O–H groups in total. The van der Waals surface area contributed by atoms with E-state index < -0.39 is 0 Å². The van der Waals surface area contributed by atoms with Crippen LogP contribution in [0.5, 0.6) is 5.75 Å². The van der Waals surface area contributed by atoms with Gasteiger partial charge >= 0.3 is 0 Å². The van der Waals surface area contributed by atoms with Gasteiger partial charge in [-0.05, 0) is 43.9 Å². The number of aromatic hydroxyl groups is 1. The highest BCUT2D eigenvalue weighted by Crippen LogP contribution is 2.16. The van der Waals surface area contributed by atoms with Crippen LogP contribution in [0.1, 0.15) is 44.2 Å². The first kappa shape index (κ1) is 14.9. The second-order valence-electron chi connectivity index (χ2n) is 5.46. The highest BCUT2D eigenvalue weighted by Gasteiger charge is 2.16. The molecular weight excluding hydrogens is 252 g/mol. The molecule has 0 radical (unpaired) electrons. The number of likely N-dealkylation sites (tertiary alicyclic amines) is 1. The van der Waals surface area contributed by atoms with E-state index in [0.29, 0.717) is 13.0 Å². The van der Waals surface area contributed by atoms with Crippen molar-refractivity contribution in [3.05, 3.63) is 29.8 Å². The predicted molar refractivity (Wildman–Crippen MR) is 79.6 cm³/mol. The van der Waals surface area contributed by atoms with Crippen molar-refractivity contribution in [3.8, 4) is 5.75 Å². The molecule has 1 heterocycles. The van der Waals surface area contributed by atoms with Gasteiger partial charge in [0.25, 0.3) is 0 Å². The number of phenolic OH excluding ortho intramolecular Hbond substituents is 1. The third-order valence-corrected chi connectivity index (χ3v) is 3.89. The second kappa shape index (κ2) is 7.29. The molecule has 0 aliphatic carbocycles. The average molecular weight is 276 g/mol. The minimum atomic E-state index is 0.185. The van der Waals surface area contributed by atoms with Crippen LogP contribution in [-0.4, -0.2) is 35.5 Å². The summed E-state index contributed by atoms with van der Waals surface area (Å²) in [5, 5.41) is 12.6. The Bertz CT molecular complexity index is 425. The number of benzene rings is 1. The highest BCUT2D eigenvalue weighted by atomic mass is 16.3. The van der Waals surface area contributed by atoms with Crippen LogP contribution in [0.2, 0.25) is 0 Å². The highest BCUT2D eigenvalue weighted by molar-refractivity contribution is 5.76. The molecule has 1 aromatic rings. The molecular formula is C16H24N2O2. The number of nitrogens with one attached hydrogen (secondary N) is 1. The van der Waals surface area contributed by atoms with Crippen LogP contribution in [0.15, 0.2) is 24.3 Å². The number of carbonyl (C=O) groups is 1. The number of rotatable bonds is 5. The largest absolute Gasteiger partial charge is 0.508 e. The first-order valence-corrected chi connectivity index (χ1v) is 7.47. The van der Waals surface area contributed by atoms with Crippen molar-refractivity contribution in [3.63, 3.8) is 0 Å². The minimum absolute atomic E-state index is 0.185. The van der Waals surface area contributed by atoms with Crippen LogP contribution >= 0.6 is 0 Å². The first-order chi connectivity index (χ1) is 9.66. The molecule has 1 fully saturated rings. The maximum Gasteiger partial charge on any atom is 0.223 e. The summed E-state index contributed by atoms with van der Waals surface area (Å²) in [6, 6.07) is 7.36. The van der Waals surface area contributed by atoms with Gasteiger partial charge in [-0.1, -0.05) is 12.1 Å². The summed E-state index contributed by atoms with van der Waals surface area (Å²) in [7, 11) is 0. The minimum Gasteiger partial charge on any atom is -0.508 e. The van der Waals surface area contributed by atoms with Gasteiger partial charge in [-0.25, -0.2) is 0 Å². The fraction of sp³-hybridized carbons (Fsp3) is 0.562. The Morgan fingerprint density at radius 3 is 2.55 bits per heavy atom. The summed E-state index contributed by atoms with van der Waals surface area (Å²) in [5.41, 5.74) is 1.12. The van der Waals surface area contributed by atoms with Gasteiger partial charge in [0, 0.05) is 32.1 Å². The van der Waals surface area contributed by atoms with Gasteiger partial charge in [0.05, 0.1) is 0 Å². The number of piperidine rings is 1. The van der Waals surface area contributed by atoms with Crippen molar-refractivity contribution in [2.24, 2.45) is 0 Å². The Labute approximate surface area is 120 Å². The van der Waals surface area contributed by atoms with E-state index in [0.717, 1.165) is 31.5 Å². The molecule has 2 rings (SSSR count). The number of hydrogen-bond donors (Lipinski definition) is 2. The number of nitrogens with zero attached hydrogens (tertiary/aromatic N) is 1. The summed E-state index contributed by atoms with van der Waals surface area (Å²) >= 11 is 0. The van der Waals surface area contributed by atoms with Gasteiger partial charge in [0.2, 0.25) is 5.91 Å². The van der Waals surface area contributed by atoms with Crippen molar-refractivity contribution in [2.45, 2.75) is 38.6 Å². The Hall–Kier alpha value is -1.55. The normalized spacial score (nSPS) is 16.9. The Balaban J connectivity index is 1.72. The summed E-state index contributed by atoms with van der Waals surface area (Å²) in [6.07, 6.45) is 4.09. The quantitative estimate of drug-likeness (QED) is 0.868. The van der Waals surface area contributed by atoms with E-state index in [9.17, 15) is 9.90 Å². The van der Waals surface area contributed by atoms with E-state index in [4.69, 9.17) is 0 Å². The standard InChI is InChI=1S/C16H24N2O2/c1-13(14-5-7-15(19)8-6-14)17-10-9-16(20)18-11-3-2-4-12-18/h5-8,13,17,19H,2-4,9-12H2,1H3. The van der Waals surface area contributed by atoms with Crippen LogP contribution in [0, 0.1) is 0 Å². The molecule has 110 valence electrons. The van der Waals surface area contributed by atoms with Crippen molar-refractivity contribution in [2.75, 3.05) is 19.6 Å². The summed E-state index contributed by atoms with van der Waals surface area (Å²) in [6.45, 7) is 4.60. The van der Waals surface area contributed by atoms with Crippen LogP contribution in [0.4, 0.5) is 0 Å². The number of carbonyl (C=O) groups excluding carboxylic acids is 1. The van der Waals surface area contributed by atoms with E-state index in [2.05, 4.69) is 12.2 Å². The van der Waals surface area contributed by atoms with E-state index in [1.165, 1.54) is 6.42 Å². The lowest BCUT2D eigenvalue weighted by molar-refractivity contribution is -0.132. The van der Waals surface area contributed by atoms with Crippen LogP contribution in [0.3, 0.4) is 0 Å². The lowest BCUT2D eigenvalue weighted by Gasteiger charge is -2.27. The third-order valence-electron chi connectivity index (χ3n) is 3.89. The first-order valence-electron chi connectivity index (χ1n) is 7.47. The Kier molecular flexibility index (Phi) is 5.41. The number of hydrogen-bond acceptors (Lipinski definition) is 3. The summed E-state index contributed by atoms with van der Waals surface area (Å²) in [4.78, 5) is 14.0. The summed E-state index contributed by atoms with van der Waals surface area (Å²) < 4.78 is 0. The molecule has 0 aromatic heterocycles. The zero-order chi connectivity index (χ0) is 14.4. The van der Waals surface area contributed by atoms with Crippen molar-refractivity contribution in [1.29, 1.82) is 0 Å². The topological polar surface area (TPSA) is 52.6 Å². The molecule has 1 saturated heterocycles. The SMILES string of the molecule is CC(NCCC(=O)N1CCCCC1)c1ccc(O)cc1. The van der Waals surface area contributed by atoms with Crippen molar-refractivity contribution >= 4 is 5.91 Å². The smallest absolute Gasteiger partial charge is 0.223 e. The molecule has 1 aliphatic heterocycles. The van der Waals surface area contributed by atoms with Crippen molar-refractivity contribution < 1.29 is 9.90 Å². The van der Waals surface area contributed by atoms with Gasteiger partial charge in [-0.15, -0.1) is 0 Å². The molecule has 4 heteroatoms. The third kappa shape index (κ3) is 4.23. The molecule has 0 spiro atoms. The second-order valence-corrected chi connectivity index (χ2v) is 5.46. The summed E-state index contributed by atoms with van der Waals surface area (Å²) in [5.74, 6) is 0.538.